The van der Waals surface area contributed by atoms with Gasteiger partial charge in [0.1, 0.15) is 5.69 Å². The molecule has 0 atom stereocenters. The summed E-state index contributed by atoms with van der Waals surface area (Å²) in [6.07, 6.45) is 1.73. The SMILES string of the molecule is Cc1nn(C)c(CC(=O)c2ccc(Cl)cn2)c1Br. The molecule has 0 N–H and O–H groups in total. The van der Waals surface area contributed by atoms with Gasteiger partial charge in [-0.25, -0.2) is 0 Å². The molecule has 0 aliphatic heterocycles. The molecule has 0 spiro atoms. The van der Waals surface area contributed by atoms with Gasteiger partial charge in [-0.15, -0.1) is 0 Å². The molecule has 94 valence electrons. The first-order valence-electron chi connectivity index (χ1n) is 5.31. The van der Waals surface area contributed by atoms with Gasteiger partial charge in [-0.2, -0.15) is 5.10 Å². The summed E-state index contributed by atoms with van der Waals surface area (Å²) in [5.41, 5.74) is 2.11. The molecular weight excluding hydrogens is 318 g/mol. The second-order valence-electron chi connectivity index (χ2n) is 3.93. The lowest BCUT2D eigenvalue weighted by Crippen LogP contribution is -2.09. The van der Waals surface area contributed by atoms with Crippen molar-refractivity contribution in [1.82, 2.24) is 14.8 Å². The minimum Gasteiger partial charge on any atom is -0.292 e. The summed E-state index contributed by atoms with van der Waals surface area (Å²) in [4.78, 5) is 16.1. The van der Waals surface area contributed by atoms with Gasteiger partial charge in [0, 0.05) is 13.2 Å². The van der Waals surface area contributed by atoms with Crippen LogP contribution in [0.5, 0.6) is 0 Å². The summed E-state index contributed by atoms with van der Waals surface area (Å²) < 4.78 is 2.57. The Labute approximate surface area is 118 Å². The lowest BCUT2D eigenvalue weighted by Gasteiger charge is -2.02. The highest BCUT2D eigenvalue weighted by Gasteiger charge is 2.16. The van der Waals surface area contributed by atoms with Gasteiger partial charge in [-0.3, -0.25) is 14.5 Å². The number of pyridine rings is 1. The quantitative estimate of drug-likeness (QED) is 0.814. The van der Waals surface area contributed by atoms with Crippen molar-refractivity contribution in [2.45, 2.75) is 13.3 Å². The highest BCUT2D eigenvalue weighted by atomic mass is 79.9. The molecule has 4 nitrogen and oxygen atoms in total. The summed E-state index contributed by atoms with van der Waals surface area (Å²) in [7, 11) is 1.82. The van der Waals surface area contributed by atoms with Crippen LogP contribution in [0.1, 0.15) is 21.9 Å². The number of aromatic nitrogens is 3. The van der Waals surface area contributed by atoms with E-state index in [1.165, 1.54) is 6.20 Å². The second-order valence-corrected chi connectivity index (χ2v) is 5.16. The largest absolute Gasteiger partial charge is 0.292 e. The summed E-state index contributed by atoms with van der Waals surface area (Å²) in [5.74, 6) is -0.0598. The number of nitrogens with zero attached hydrogens (tertiary/aromatic N) is 3. The lowest BCUT2D eigenvalue weighted by atomic mass is 10.1. The van der Waals surface area contributed by atoms with Crippen molar-refractivity contribution in [1.29, 1.82) is 0 Å². The van der Waals surface area contributed by atoms with Gasteiger partial charge in [0.25, 0.3) is 0 Å². The van der Waals surface area contributed by atoms with E-state index in [1.54, 1.807) is 16.8 Å². The zero-order chi connectivity index (χ0) is 13.3. The van der Waals surface area contributed by atoms with Gasteiger partial charge in [0.05, 0.1) is 27.3 Å². The number of hydrogen-bond acceptors (Lipinski definition) is 3. The molecular formula is C12H11BrClN3O. The maximum absolute atomic E-state index is 12.1. The molecule has 0 aromatic carbocycles. The standard InChI is InChI=1S/C12H11BrClN3O/c1-7-12(13)10(17(2)16-7)5-11(18)9-4-3-8(14)6-15-9/h3-4,6H,5H2,1-2H3. The van der Waals surface area contributed by atoms with Crippen LogP contribution in [0.15, 0.2) is 22.8 Å². The van der Waals surface area contributed by atoms with Crippen molar-refractivity contribution in [3.05, 3.63) is 44.9 Å². The lowest BCUT2D eigenvalue weighted by molar-refractivity contribution is 0.0986. The number of halogens is 2. The van der Waals surface area contributed by atoms with Crippen LogP contribution in [0.25, 0.3) is 0 Å². The summed E-state index contributed by atoms with van der Waals surface area (Å²) in [6.45, 7) is 1.89. The molecule has 0 aliphatic rings. The van der Waals surface area contributed by atoms with E-state index >= 15 is 0 Å². The molecule has 0 bridgehead atoms. The van der Waals surface area contributed by atoms with E-state index < -0.39 is 0 Å². The minimum absolute atomic E-state index is 0.0598. The third-order valence-electron chi connectivity index (χ3n) is 2.60. The zero-order valence-electron chi connectivity index (χ0n) is 9.94. The topological polar surface area (TPSA) is 47.8 Å². The number of carbonyl (C=O) groups is 1. The average Bonchev–Trinajstić information content (AvgIpc) is 2.57. The third kappa shape index (κ3) is 2.62. The number of carbonyl (C=O) groups excluding carboxylic acids is 1. The van der Waals surface area contributed by atoms with Crippen LogP contribution in [-0.4, -0.2) is 20.5 Å². The predicted molar refractivity (Wildman–Crippen MR) is 72.9 cm³/mol. The van der Waals surface area contributed by atoms with Crippen molar-refractivity contribution in [3.63, 3.8) is 0 Å². The fraction of sp³-hybridized carbons (Fsp3) is 0.250. The molecule has 2 aromatic rings. The average molecular weight is 329 g/mol. The number of ketones is 1. The summed E-state index contributed by atoms with van der Waals surface area (Å²) in [5, 5.41) is 4.77. The van der Waals surface area contributed by atoms with Crippen LogP contribution in [0.4, 0.5) is 0 Å². The zero-order valence-corrected chi connectivity index (χ0v) is 12.3. The van der Waals surface area contributed by atoms with Crippen molar-refractivity contribution in [2.24, 2.45) is 7.05 Å². The van der Waals surface area contributed by atoms with Gasteiger partial charge in [0.2, 0.25) is 0 Å². The first kappa shape index (κ1) is 13.2. The van der Waals surface area contributed by atoms with Crippen LogP contribution < -0.4 is 0 Å². The van der Waals surface area contributed by atoms with E-state index in [1.807, 2.05) is 14.0 Å². The highest BCUT2D eigenvalue weighted by molar-refractivity contribution is 9.10. The van der Waals surface area contributed by atoms with E-state index in [9.17, 15) is 4.79 Å². The van der Waals surface area contributed by atoms with E-state index in [2.05, 4.69) is 26.0 Å². The molecule has 0 aliphatic carbocycles. The van der Waals surface area contributed by atoms with Crippen LogP contribution >= 0.6 is 27.5 Å². The van der Waals surface area contributed by atoms with E-state index in [0.717, 1.165) is 15.9 Å². The Hall–Kier alpha value is -1.20. The summed E-state index contributed by atoms with van der Waals surface area (Å²) in [6, 6.07) is 3.28. The molecule has 2 aromatic heterocycles. The molecule has 2 heterocycles. The van der Waals surface area contributed by atoms with Crippen LogP contribution in [0.2, 0.25) is 5.02 Å². The fourth-order valence-corrected chi connectivity index (χ4v) is 2.24. The number of Topliss-reactive ketones (excluding diaryl/α,β-unsaturated/α-hetero) is 1. The van der Waals surface area contributed by atoms with Crippen LogP contribution in [0.3, 0.4) is 0 Å². The van der Waals surface area contributed by atoms with Gasteiger partial charge in [-0.05, 0) is 35.0 Å². The molecule has 0 saturated carbocycles. The Balaban J connectivity index is 2.24. The van der Waals surface area contributed by atoms with Crippen molar-refractivity contribution < 1.29 is 4.79 Å². The van der Waals surface area contributed by atoms with Gasteiger partial charge < -0.3 is 0 Å². The molecule has 0 unspecified atom stereocenters. The molecule has 0 fully saturated rings. The van der Waals surface area contributed by atoms with Crippen molar-refractivity contribution in [2.75, 3.05) is 0 Å². The molecule has 6 heteroatoms. The Bertz CT molecular complexity index is 592. The first-order valence-corrected chi connectivity index (χ1v) is 6.49. The van der Waals surface area contributed by atoms with E-state index in [-0.39, 0.29) is 12.2 Å². The molecule has 0 saturated heterocycles. The minimum atomic E-state index is -0.0598. The molecule has 0 radical (unpaired) electrons. The van der Waals surface area contributed by atoms with Crippen molar-refractivity contribution >= 4 is 33.3 Å². The Morgan fingerprint density at radius 2 is 2.22 bits per heavy atom. The Kier molecular flexibility index (Phi) is 3.82. The summed E-state index contributed by atoms with van der Waals surface area (Å²) >= 11 is 9.17. The van der Waals surface area contributed by atoms with Crippen molar-refractivity contribution in [3.8, 4) is 0 Å². The molecule has 18 heavy (non-hydrogen) atoms. The molecule has 0 amide bonds. The van der Waals surface area contributed by atoms with Crippen LogP contribution in [-0.2, 0) is 13.5 Å². The Morgan fingerprint density at radius 1 is 1.50 bits per heavy atom. The van der Waals surface area contributed by atoms with Gasteiger partial charge >= 0.3 is 0 Å². The molecule has 2 rings (SSSR count). The Morgan fingerprint density at radius 3 is 2.72 bits per heavy atom. The normalized spacial score (nSPS) is 10.7. The maximum Gasteiger partial charge on any atom is 0.187 e. The predicted octanol–water partition coefficient (Wildman–Crippen LogP) is 2.96. The van der Waals surface area contributed by atoms with E-state index in [4.69, 9.17) is 11.6 Å². The van der Waals surface area contributed by atoms with Crippen LogP contribution in [0, 0.1) is 6.92 Å². The number of aryl methyl sites for hydroxylation is 2. The van der Waals surface area contributed by atoms with Gasteiger partial charge in [-0.1, -0.05) is 11.6 Å². The fourth-order valence-electron chi connectivity index (χ4n) is 1.66. The second kappa shape index (κ2) is 5.20. The monoisotopic (exact) mass is 327 g/mol. The number of rotatable bonds is 3. The van der Waals surface area contributed by atoms with E-state index in [0.29, 0.717) is 10.7 Å². The smallest absolute Gasteiger partial charge is 0.187 e. The highest BCUT2D eigenvalue weighted by Crippen LogP contribution is 2.21. The first-order chi connectivity index (χ1) is 8.49. The van der Waals surface area contributed by atoms with Gasteiger partial charge in [0.15, 0.2) is 5.78 Å². The number of hydrogen-bond donors (Lipinski definition) is 0. The third-order valence-corrected chi connectivity index (χ3v) is 3.86. The maximum atomic E-state index is 12.1.